The monoisotopic (exact) mass is 174 g/mol. The Bertz CT molecular complexity index is 147. The Morgan fingerprint density at radius 3 is 2.17 bits per heavy atom. The zero-order valence-electron chi connectivity index (χ0n) is 7.37. The van der Waals surface area contributed by atoms with Crippen LogP contribution in [0.15, 0.2) is 0 Å². The maximum atomic E-state index is 10.2. The molecule has 0 spiro atoms. The van der Waals surface area contributed by atoms with Crippen LogP contribution in [-0.2, 0) is 14.4 Å². The molecule has 0 fully saturated rings. The largest absolute Gasteiger partial charge is 0.481 e. The van der Waals surface area contributed by atoms with Crippen LogP contribution in [0.3, 0.4) is 0 Å². The van der Waals surface area contributed by atoms with Gasteiger partial charge in [0.05, 0.1) is 5.92 Å². The fourth-order valence-corrected chi connectivity index (χ4v) is 0.634. The summed E-state index contributed by atoms with van der Waals surface area (Å²) in [6.07, 6.45) is 3.16. The minimum atomic E-state index is -0.677. The van der Waals surface area contributed by atoms with E-state index in [9.17, 15) is 4.79 Å². The number of carboxylic acids is 1. The standard InChI is InChI=1S/C7H14O2.CO2/c1-3-4-5-6(2)7(8)9;2-1-3/h6H,3-5H2,1-2H3,(H,8,9);. The molecule has 4 heteroatoms. The second-order valence-electron chi connectivity index (χ2n) is 2.46. The molecule has 0 heterocycles. The summed E-state index contributed by atoms with van der Waals surface area (Å²) in [6.45, 7) is 3.81. The number of hydrogen-bond acceptors (Lipinski definition) is 3. The fraction of sp³-hybridized carbons (Fsp3) is 0.750. The number of aliphatic carboxylic acids is 1. The van der Waals surface area contributed by atoms with Crippen LogP contribution in [0.1, 0.15) is 33.1 Å². The van der Waals surface area contributed by atoms with Gasteiger partial charge < -0.3 is 5.11 Å². The molecular formula is C8H14O4. The zero-order valence-corrected chi connectivity index (χ0v) is 7.37. The summed E-state index contributed by atoms with van der Waals surface area (Å²) in [5, 5.41) is 8.41. The van der Waals surface area contributed by atoms with Gasteiger partial charge in [-0.2, -0.15) is 9.59 Å². The van der Waals surface area contributed by atoms with Crippen molar-refractivity contribution in [1.82, 2.24) is 0 Å². The molecule has 0 aromatic rings. The minimum absolute atomic E-state index is 0.162. The molecular weight excluding hydrogens is 160 g/mol. The van der Waals surface area contributed by atoms with E-state index in [4.69, 9.17) is 14.7 Å². The first-order valence-corrected chi connectivity index (χ1v) is 3.82. The number of carbonyl (C=O) groups excluding carboxylic acids is 2. The third kappa shape index (κ3) is 11.6. The first kappa shape index (κ1) is 13.4. The van der Waals surface area contributed by atoms with E-state index in [2.05, 4.69) is 6.92 Å². The predicted octanol–water partition coefficient (Wildman–Crippen LogP) is 1.31. The van der Waals surface area contributed by atoms with Gasteiger partial charge in [-0.25, -0.2) is 0 Å². The molecule has 0 saturated heterocycles. The summed E-state index contributed by atoms with van der Waals surface area (Å²) in [6, 6.07) is 0. The molecule has 1 unspecified atom stereocenters. The van der Waals surface area contributed by atoms with E-state index in [1.54, 1.807) is 6.92 Å². The summed E-state index contributed by atoms with van der Waals surface area (Å²) in [4.78, 5) is 26.5. The highest BCUT2D eigenvalue weighted by molar-refractivity contribution is 5.69. The number of unbranched alkanes of at least 4 members (excludes halogenated alkanes) is 1. The first-order valence-electron chi connectivity index (χ1n) is 3.82. The second-order valence-corrected chi connectivity index (χ2v) is 2.46. The Morgan fingerprint density at radius 1 is 1.50 bits per heavy atom. The molecule has 0 aromatic carbocycles. The van der Waals surface area contributed by atoms with E-state index in [0.29, 0.717) is 0 Å². The molecule has 0 aliphatic carbocycles. The lowest BCUT2D eigenvalue weighted by Crippen LogP contribution is -2.08. The van der Waals surface area contributed by atoms with E-state index >= 15 is 0 Å². The molecule has 0 amide bonds. The maximum Gasteiger partial charge on any atom is 0.373 e. The average Bonchev–Trinajstić information content (AvgIpc) is 2.01. The van der Waals surface area contributed by atoms with Gasteiger partial charge in [-0.1, -0.05) is 26.7 Å². The molecule has 1 atom stereocenters. The van der Waals surface area contributed by atoms with E-state index in [1.165, 1.54) is 0 Å². The van der Waals surface area contributed by atoms with E-state index in [1.807, 2.05) is 0 Å². The van der Waals surface area contributed by atoms with Crippen molar-refractivity contribution in [3.05, 3.63) is 0 Å². The second kappa shape index (κ2) is 9.85. The number of hydrogen-bond donors (Lipinski definition) is 1. The highest BCUT2D eigenvalue weighted by atomic mass is 16.4. The quantitative estimate of drug-likeness (QED) is 0.697. The van der Waals surface area contributed by atoms with Crippen molar-refractivity contribution in [3.63, 3.8) is 0 Å². The topological polar surface area (TPSA) is 71.4 Å². The van der Waals surface area contributed by atoms with Crippen molar-refractivity contribution in [2.75, 3.05) is 0 Å². The van der Waals surface area contributed by atoms with Gasteiger partial charge in [0.1, 0.15) is 0 Å². The molecule has 0 aliphatic heterocycles. The minimum Gasteiger partial charge on any atom is -0.481 e. The molecule has 0 saturated carbocycles. The number of rotatable bonds is 4. The first-order chi connectivity index (χ1) is 5.59. The third-order valence-electron chi connectivity index (χ3n) is 1.41. The summed E-state index contributed by atoms with van der Waals surface area (Å²) in [5.74, 6) is -0.839. The molecule has 12 heavy (non-hydrogen) atoms. The van der Waals surface area contributed by atoms with Crippen molar-refractivity contribution in [1.29, 1.82) is 0 Å². The lowest BCUT2D eigenvalue weighted by Gasteiger charge is -2.02. The molecule has 0 aromatic heterocycles. The SMILES string of the molecule is CCCCC(C)C(=O)O.O=C=O. The molecule has 0 bridgehead atoms. The Kier molecular flexibility index (Phi) is 11.0. The van der Waals surface area contributed by atoms with Crippen LogP contribution in [0.25, 0.3) is 0 Å². The van der Waals surface area contributed by atoms with E-state index in [0.717, 1.165) is 19.3 Å². The van der Waals surface area contributed by atoms with Crippen LogP contribution in [0.2, 0.25) is 0 Å². The molecule has 70 valence electrons. The van der Waals surface area contributed by atoms with E-state index in [-0.39, 0.29) is 12.1 Å². The van der Waals surface area contributed by atoms with Crippen LogP contribution in [-0.4, -0.2) is 17.2 Å². The Hall–Kier alpha value is -1.15. The fourth-order valence-electron chi connectivity index (χ4n) is 0.634. The highest BCUT2D eigenvalue weighted by Crippen LogP contribution is 2.06. The van der Waals surface area contributed by atoms with Gasteiger partial charge in [0.25, 0.3) is 0 Å². The Balaban J connectivity index is 0. The average molecular weight is 174 g/mol. The lowest BCUT2D eigenvalue weighted by molar-refractivity contribution is -0.191. The molecule has 0 aliphatic rings. The zero-order chi connectivity index (χ0) is 9.98. The van der Waals surface area contributed by atoms with Gasteiger partial charge >= 0.3 is 12.1 Å². The van der Waals surface area contributed by atoms with Gasteiger partial charge in [0.2, 0.25) is 0 Å². The summed E-state index contributed by atoms with van der Waals surface area (Å²) in [5.41, 5.74) is 0. The van der Waals surface area contributed by atoms with Crippen molar-refractivity contribution in [3.8, 4) is 0 Å². The lowest BCUT2D eigenvalue weighted by atomic mass is 10.1. The maximum absolute atomic E-state index is 10.2. The predicted molar refractivity (Wildman–Crippen MR) is 41.3 cm³/mol. The summed E-state index contributed by atoms with van der Waals surface area (Å²) < 4.78 is 0. The van der Waals surface area contributed by atoms with Gasteiger partial charge in [-0.3, -0.25) is 4.79 Å². The summed E-state index contributed by atoms with van der Waals surface area (Å²) in [7, 11) is 0. The molecule has 4 nitrogen and oxygen atoms in total. The molecule has 0 rings (SSSR count). The van der Waals surface area contributed by atoms with Crippen molar-refractivity contribution in [2.24, 2.45) is 5.92 Å². The van der Waals surface area contributed by atoms with Gasteiger partial charge in [0.15, 0.2) is 0 Å². The van der Waals surface area contributed by atoms with Gasteiger partial charge in [-0.05, 0) is 6.42 Å². The third-order valence-corrected chi connectivity index (χ3v) is 1.41. The van der Waals surface area contributed by atoms with Crippen LogP contribution in [0.4, 0.5) is 0 Å². The van der Waals surface area contributed by atoms with Crippen LogP contribution in [0.5, 0.6) is 0 Å². The van der Waals surface area contributed by atoms with Crippen molar-refractivity contribution < 1.29 is 19.5 Å². The van der Waals surface area contributed by atoms with Crippen LogP contribution < -0.4 is 0 Å². The highest BCUT2D eigenvalue weighted by Gasteiger charge is 2.08. The van der Waals surface area contributed by atoms with Gasteiger partial charge in [-0.15, -0.1) is 0 Å². The molecule has 1 N–H and O–H groups in total. The Labute approximate surface area is 71.6 Å². The number of carboxylic acid groups (broad SMARTS) is 1. The van der Waals surface area contributed by atoms with Crippen LogP contribution >= 0.6 is 0 Å². The Morgan fingerprint density at radius 2 is 1.92 bits per heavy atom. The van der Waals surface area contributed by atoms with Crippen LogP contribution in [0, 0.1) is 5.92 Å². The normalized spacial score (nSPS) is 10.5. The summed E-state index contributed by atoms with van der Waals surface area (Å²) >= 11 is 0. The molecule has 0 radical (unpaired) electrons. The van der Waals surface area contributed by atoms with Crippen molar-refractivity contribution in [2.45, 2.75) is 33.1 Å². The van der Waals surface area contributed by atoms with E-state index < -0.39 is 5.97 Å². The van der Waals surface area contributed by atoms with Gasteiger partial charge in [0, 0.05) is 0 Å². The smallest absolute Gasteiger partial charge is 0.373 e. The van der Waals surface area contributed by atoms with Crippen molar-refractivity contribution >= 4 is 12.1 Å². The number of carbonyl (C=O) groups is 1.